The summed E-state index contributed by atoms with van der Waals surface area (Å²) in [5.74, 6) is 2.48. The lowest BCUT2D eigenvalue weighted by molar-refractivity contribution is 0.371. The van der Waals surface area contributed by atoms with Crippen LogP contribution in [0.15, 0.2) is 39.7 Å². The number of guanidine groups is 1. The van der Waals surface area contributed by atoms with Crippen LogP contribution in [0.4, 0.5) is 5.69 Å². The van der Waals surface area contributed by atoms with Gasteiger partial charge in [-0.1, -0.05) is 18.2 Å². The molecule has 0 bridgehead atoms. The van der Waals surface area contributed by atoms with Crippen molar-refractivity contribution in [3.8, 4) is 0 Å². The second-order valence-corrected chi connectivity index (χ2v) is 6.23. The molecule has 0 saturated carbocycles. The molecule has 1 aromatic carbocycles. The minimum atomic E-state index is 0.468. The molecule has 1 fully saturated rings. The van der Waals surface area contributed by atoms with E-state index in [0.29, 0.717) is 12.4 Å². The third kappa shape index (κ3) is 4.32. The van der Waals surface area contributed by atoms with Crippen molar-refractivity contribution in [1.82, 2.24) is 15.2 Å². The first-order chi connectivity index (χ1) is 12.2. The fourth-order valence-corrected chi connectivity index (χ4v) is 2.99. The van der Waals surface area contributed by atoms with Gasteiger partial charge < -0.3 is 19.5 Å². The van der Waals surface area contributed by atoms with E-state index < -0.39 is 0 Å². The van der Waals surface area contributed by atoms with Gasteiger partial charge in [-0.25, -0.2) is 9.98 Å². The minimum absolute atomic E-state index is 0.468. The predicted octanol–water partition coefficient (Wildman–Crippen LogP) is 2.58. The SMILES string of the molecule is CCNC(=NCc1nc(C)c(C)o1)N1CCN(c2ccccc2)CC1. The van der Waals surface area contributed by atoms with Crippen LogP contribution in [0.2, 0.25) is 0 Å². The van der Waals surface area contributed by atoms with E-state index in [-0.39, 0.29) is 0 Å². The number of aryl methyl sites for hydroxylation is 2. The van der Waals surface area contributed by atoms with E-state index >= 15 is 0 Å². The molecule has 1 aliphatic heterocycles. The van der Waals surface area contributed by atoms with E-state index in [1.165, 1.54) is 5.69 Å². The standard InChI is InChI=1S/C19H27N5O/c1-4-20-19(21-14-18-22-15(2)16(3)25-18)24-12-10-23(11-13-24)17-8-6-5-7-9-17/h5-9H,4,10-14H2,1-3H3,(H,20,21). The van der Waals surface area contributed by atoms with E-state index in [2.05, 4.69) is 57.4 Å². The van der Waals surface area contributed by atoms with Crippen LogP contribution in [0, 0.1) is 13.8 Å². The Morgan fingerprint density at radius 1 is 1.16 bits per heavy atom. The highest BCUT2D eigenvalue weighted by Crippen LogP contribution is 2.16. The molecule has 1 saturated heterocycles. The van der Waals surface area contributed by atoms with Crippen LogP contribution >= 0.6 is 0 Å². The quantitative estimate of drug-likeness (QED) is 0.684. The van der Waals surface area contributed by atoms with Crippen LogP contribution in [0.3, 0.4) is 0 Å². The zero-order valence-electron chi connectivity index (χ0n) is 15.3. The number of oxazole rings is 1. The zero-order valence-corrected chi connectivity index (χ0v) is 15.3. The maximum atomic E-state index is 5.63. The average Bonchev–Trinajstić information content (AvgIpc) is 2.97. The molecule has 6 heteroatoms. The second kappa shape index (κ2) is 8.05. The number of aromatic nitrogens is 1. The van der Waals surface area contributed by atoms with Gasteiger partial charge in [0.1, 0.15) is 12.3 Å². The van der Waals surface area contributed by atoms with Crippen LogP contribution in [0.25, 0.3) is 0 Å². The van der Waals surface area contributed by atoms with Crippen LogP contribution in [-0.4, -0.2) is 48.6 Å². The van der Waals surface area contributed by atoms with Gasteiger partial charge in [-0.2, -0.15) is 0 Å². The molecule has 134 valence electrons. The summed E-state index contributed by atoms with van der Waals surface area (Å²) in [5, 5.41) is 3.39. The minimum Gasteiger partial charge on any atom is -0.444 e. The molecule has 0 aliphatic carbocycles. The number of rotatable bonds is 4. The number of para-hydroxylation sites is 1. The summed E-state index contributed by atoms with van der Waals surface area (Å²) in [6, 6.07) is 10.6. The fraction of sp³-hybridized carbons (Fsp3) is 0.474. The number of nitrogens with one attached hydrogen (secondary N) is 1. The van der Waals surface area contributed by atoms with Gasteiger partial charge in [0.25, 0.3) is 0 Å². The zero-order chi connectivity index (χ0) is 17.6. The first kappa shape index (κ1) is 17.3. The normalized spacial score (nSPS) is 15.6. The molecule has 0 unspecified atom stereocenters. The van der Waals surface area contributed by atoms with Gasteiger partial charge in [0.05, 0.1) is 5.69 Å². The Labute approximate surface area is 149 Å². The predicted molar refractivity (Wildman–Crippen MR) is 101 cm³/mol. The molecular formula is C19H27N5O. The van der Waals surface area contributed by atoms with Gasteiger partial charge >= 0.3 is 0 Å². The Morgan fingerprint density at radius 2 is 1.88 bits per heavy atom. The molecule has 0 spiro atoms. The highest BCUT2D eigenvalue weighted by Gasteiger charge is 2.20. The molecule has 1 aromatic heterocycles. The molecule has 0 atom stereocenters. The van der Waals surface area contributed by atoms with Crippen LogP contribution in [0.1, 0.15) is 24.3 Å². The second-order valence-electron chi connectivity index (χ2n) is 6.23. The third-order valence-corrected chi connectivity index (χ3v) is 4.47. The molecular weight excluding hydrogens is 314 g/mol. The lowest BCUT2D eigenvalue weighted by atomic mass is 10.2. The lowest BCUT2D eigenvalue weighted by Crippen LogP contribution is -2.52. The van der Waals surface area contributed by atoms with Crippen molar-refractivity contribution in [2.75, 3.05) is 37.6 Å². The van der Waals surface area contributed by atoms with Gasteiger partial charge in [0.15, 0.2) is 5.96 Å². The van der Waals surface area contributed by atoms with Gasteiger partial charge in [-0.3, -0.25) is 0 Å². The summed E-state index contributed by atoms with van der Waals surface area (Å²) < 4.78 is 5.63. The van der Waals surface area contributed by atoms with Crippen LogP contribution in [0.5, 0.6) is 0 Å². The highest BCUT2D eigenvalue weighted by molar-refractivity contribution is 5.80. The Bertz CT molecular complexity index is 682. The fourth-order valence-electron chi connectivity index (χ4n) is 2.99. The highest BCUT2D eigenvalue weighted by atomic mass is 16.4. The Kier molecular flexibility index (Phi) is 5.58. The summed E-state index contributed by atoms with van der Waals surface area (Å²) in [6.07, 6.45) is 0. The molecule has 0 amide bonds. The molecule has 6 nitrogen and oxygen atoms in total. The first-order valence-electron chi connectivity index (χ1n) is 8.93. The van der Waals surface area contributed by atoms with Crippen LogP contribution < -0.4 is 10.2 Å². The first-order valence-corrected chi connectivity index (χ1v) is 8.93. The van der Waals surface area contributed by atoms with Crippen LogP contribution in [-0.2, 0) is 6.54 Å². The third-order valence-electron chi connectivity index (χ3n) is 4.47. The monoisotopic (exact) mass is 341 g/mol. The van der Waals surface area contributed by atoms with E-state index in [9.17, 15) is 0 Å². The van der Waals surface area contributed by atoms with Gasteiger partial charge in [0.2, 0.25) is 5.89 Å². The summed E-state index contributed by atoms with van der Waals surface area (Å²) in [7, 11) is 0. The molecule has 0 radical (unpaired) electrons. The van der Waals surface area contributed by atoms with Crippen molar-refractivity contribution >= 4 is 11.6 Å². The number of piperazine rings is 1. The van der Waals surface area contributed by atoms with E-state index in [1.54, 1.807) is 0 Å². The number of anilines is 1. The van der Waals surface area contributed by atoms with Gasteiger partial charge in [-0.05, 0) is 32.9 Å². The van der Waals surface area contributed by atoms with Crippen molar-refractivity contribution < 1.29 is 4.42 Å². The number of hydrogen-bond acceptors (Lipinski definition) is 4. The Hall–Kier alpha value is -2.50. The molecule has 2 aromatic rings. The topological polar surface area (TPSA) is 56.9 Å². The Morgan fingerprint density at radius 3 is 2.48 bits per heavy atom. The van der Waals surface area contributed by atoms with Crippen molar-refractivity contribution in [2.45, 2.75) is 27.3 Å². The summed E-state index contributed by atoms with van der Waals surface area (Å²) in [6.45, 7) is 11.2. The number of hydrogen-bond donors (Lipinski definition) is 1. The van der Waals surface area contributed by atoms with Crippen molar-refractivity contribution in [3.63, 3.8) is 0 Å². The molecule has 25 heavy (non-hydrogen) atoms. The Balaban J connectivity index is 1.62. The molecule has 2 heterocycles. The molecule has 1 aliphatic rings. The maximum Gasteiger partial charge on any atom is 0.216 e. The number of aliphatic imine (C=N–C) groups is 1. The van der Waals surface area contributed by atoms with E-state index in [1.807, 2.05) is 13.8 Å². The smallest absolute Gasteiger partial charge is 0.216 e. The van der Waals surface area contributed by atoms with E-state index in [4.69, 9.17) is 9.41 Å². The number of benzene rings is 1. The van der Waals surface area contributed by atoms with Gasteiger partial charge in [0, 0.05) is 38.4 Å². The van der Waals surface area contributed by atoms with E-state index in [0.717, 1.165) is 50.1 Å². The molecule has 1 N–H and O–H groups in total. The van der Waals surface area contributed by atoms with Crippen molar-refractivity contribution in [2.24, 2.45) is 4.99 Å². The average molecular weight is 341 g/mol. The summed E-state index contributed by atoms with van der Waals surface area (Å²) >= 11 is 0. The number of nitrogens with zero attached hydrogens (tertiary/aromatic N) is 4. The van der Waals surface area contributed by atoms with Gasteiger partial charge in [-0.15, -0.1) is 0 Å². The van der Waals surface area contributed by atoms with Crippen molar-refractivity contribution in [1.29, 1.82) is 0 Å². The van der Waals surface area contributed by atoms with Crippen molar-refractivity contribution in [3.05, 3.63) is 47.7 Å². The maximum absolute atomic E-state index is 5.63. The molecule has 3 rings (SSSR count). The largest absolute Gasteiger partial charge is 0.444 e. The summed E-state index contributed by atoms with van der Waals surface area (Å²) in [5.41, 5.74) is 2.22. The lowest BCUT2D eigenvalue weighted by Gasteiger charge is -2.37. The summed E-state index contributed by atoms with van der Waals surface area (Å²) in [4.78, 5) is 13.9.